The first-order valence-corrected chi connectivity index (χ1v) is 7.37. The Hall–Kier alpha value is -1.67. The number of alkyl halides is 3. The van der Waals surface area contributed by atoms with Crippen LogP contribution in [0, 0.1) is 12.8 Å². The Morgan fingerprint density at radius 1 is 1.52 bits per heavy atom. The van der Waals surface area contributed by atoms with Gasteiger partial charge in [0.05, 0.1) is 12.6 Å². The molecule has 0 spiro atoms. The molecule has 1 amide bonds. The van der Waals surface area contributed by atoms with Gasteiger partial charge in [-0.25, -0.2) is 4.98 Å². The largest absolute Gasteiger partial charge is 0.433 e. The molecule has 3 unspecified atom stereocenters. The summed E-state index contributed by atoms with van der Waals surface area (Å²) in [6, 6.07) is 1.78. The van der Waals surface area contributed by atoms with E-state index in [1.165, 1.54) is 6.07 Å². The van der Waals surface area contributed by atoms with Gasteiger partial charge in [0.2, 0.25) is 5.91 Å². The van der Waals surface area contributed by atoms with Gasteiger partial charge in [0, 0.05) is 12.6 Å². The molecule has 1 aliphatic carbocycles. The molecule has 126 valence electrons. The van der Waals surface area contributed by atoms with Crippen molar-refractivity contribution in [3.8, 4) is 0 Å². The van der Waals surface area contributed by atoms with Gasteiger partial charge in [0.15, 0.2) is 0 Å². The highest BCUT2D eigenvalue weighted by Crippen LogP contribution is 2.51. The highest BCUT2D eigenvalue weighted by atomic mass is 19.4. The lowest BCUT2D eigenvalue weighted by atomic mass is 10.1. The summed E-state index contributed by atoms with van der Waals surface area (Å²) in [6.45, 7) is 2.14. The lowest BCUT2D eigenvalue weighted by Crippen LogP contribution is -2.44. The average Bonchev–Trinajstić information content (AvgIpc) is 3.00. The Balaban J connectivity index is 1.69. The number of fused-ring (bicyclic) bond motifs is 1. The summed E-state index contributed by atoms with van der Waals surface area (Å²) in [5, 5.41) is 5.75. The molecular weight excluding hydrogens is 311 g/mol. The molecule has 0 aromatic carbocycles. The zero-order valence-corrected chi connectivity index (χ0v) is 12.8. The molecule has 1 aromatic rings. The third-order valence-electron chi connectivity index (χ3n) is 4.56. The van der Waals surface area contributed by atoms with E-state index in [1.807, 2.05) is 0 Å². The Morgan fingerprint density at radius 3 is 2.91 bits per heavy atom. The molecule has 8 heteroatoms. The van der Waals surface area contributed by atoms with Crippen LogP contribution in [0.4, 0.5) is 19.0 Å². The molecule has 2 N–H and O–H groups in total. The number of aromatic nitrogens is 1. The fraction of sp³-hybridized carbons (Fsp3) is 0.600. The molecule has 3 rings (SSSR count). The molecular formula is C15H18F3N3O2. The number of hydrogen-bond donors (Lipinski definition) is 2. The van der Waals surface area contributed by atoms with Crippen molar-refractivity contribution >= 4 is 11.7 Å². The van der Waals surface area contributed by atoms with E-state index in [0.717, 1.165) is 12.5 Å². The molecule has 2 aliphatic rings. The maximum atomic E-state index is 12.7. The third-order valence-corrected chi connectivity index (χ3v) is 4.56. The van der Waals surface area contributed by atoms with Gasteiger partial charge in [0.1, 0.15) is 11.5 Å². The monoisotopic (exact) mass is 329 g/mol. The second kappa shape index (κ2) is 5.45. The summed E-state index contributed by atoms with van der Waals surface area (Å²) in [5.74, 6) is -0.0237. The first kappa shape index (κ1) is 16.2. The van der Waals surface area contributed by atoms with Crippen LogP contribution in [0.15, 0.2) is 12.1 Å². The fourth-order valence-corrected chi connectivity index (χ4v) is 3.22. The van der Waals surface area contributed by atoms with Crippen LogP contribution in [0.5, 0.6) is 0 Å². The molecule has 2 heterocycles. The topological polar surface area (TPSA) is 63.2 Å². The summed E-state index contributed by atoms with van der Waals surface area (Å²) in [7, 11) is 1.61. The Morgan fingerprint density at radius 2 is 2.26 bits per heavy atom. The minimum absolute atomic E-state index is 0.0482. The Kier molecular flexibility index (Phi) is 3.84. The molecule has 0 radical (unpaired) electrons. The van der Waals surface area contributed by atoms with Crippen LogP contribution in [0.2, 0.25) is 0 Å². The molecule has 1 saturated carbocycles. The zero-order chi connectivity index (χ0) is 16.8. The summed E-state index contributed by atoms with van der Waals surface area (Å²) in [5.41, 5.74) is -0.676. The number of nitrogens with zero attached hydrogens (tertiary/aromatic N) is 1. The van der Waals surface area contributed by atoms with Crippen LogP contribution < -0.4 is 10.6 Å². The van der Waals surface area contributed by atoms with Crippen LogP contribution in [-0.4, -0.2) is 36.2 Å². The maximum absolute atomic E-state index is 12.7. The van der Waals surface area contributed by atoms with Crippen molar-refractivity contribution in [2.45, 2.75) is 37.5 Å². The normalized spacial score (nSPS) is 29.3. The van der Waals surface area contributed by atoms with Crippen LogP contribution in [0.25, 0.3) is 0 Å². The van der Waals surface area contributed by atoms with Crippen molar-refractivity contribution in [2.75, 3.05) is 19.0 Å². The predicted molar refractivity (Wildman–Crippen MR) is 76.9 cm³/mol. The van der Waals surface area contributed by atoms with Gasteiger partial charge in [-0.3, -0.25) is 10.1 Å². The van der Waals surface area contributed by atoms with Gasteiger partial charge in [-0.2, -0.15) is 13.2 Å². The van der Waals surface area contributed by atoms with E-state index < -0.39 is 17.9 Å². The number of hydrogen-bond acceptors (Lipinski definition) is 4. The number of nitrogens with one attached hydrogen (secondary N) is 2. The van der Waals surface area contributed by atoms with Gasteiger partial charge >= 0.3 is 6.18 Å². The number of amides is 1. The molecule has 1 aromatic heterocycles. The minimum Gasteiger partial charge on any atom is -0.383 e. The number of halogens is 3. The smallest absolute Gasteiger partial charge is 0.383 e. The van der Waals surface area contributed by atoms with Gasteiger partial charge < -0.3 is 10.1 Å². The highest BCUT2D eigenvalue weighted by Gasteiger charge is 2.61. The molecule has 23 heavy (non-hydrogen) atoms. The van der Waals surface area contributed by atoms with Crippen molar-refractivity contribution in [3.63, 3.8) is 0 Å². The standard InChI is InChI=1S/C15H18F3N3O2/c1-8-3-4-11(15(16,17)18)19-12(8)20-13(22)10-5-9-6-14(9,21-10)7-23-2/h3-4,9-10,21H,5-7H2,1-2H3,(H,19,20,22). The first-order chi connectivity index (χ1) is 10.7. The van der Waals surface area contributed by atoms with Crippen molar-refractivity contribution < 1.29 is 22.7 Å². The van der Waals surface area contributed by atoms with Gasteiger partial charge in [0.25, 0.3) is 0 Å². The lowest BCUT2D eigenvalue weighted by Gasteiger charge is -2.19. The number of methoxy groups -OCH3 is 1. The number of piperidine rings is 1. The van der Waals surface area contributed by atoms with Gasteiger partial charge in [-0.05, 0) is 37.3 Å². The number of aryl methyl sites for hydroxylation is 1. The highest BCUT2D eigenvalue weighted by molar-refractivity contribution is 5.95. The average molecular weight is 329 g/mol. The number of rotatable bonds is 4. The van der Waals surface area contributed by atoms with Gasteiger partial charge in [-0.1, -0.05) is 6.07 Å². The van der Waals surface area contributed by atoms with E-state index in [1.54, 1.807) is 14.0 Å². The van der Waals surface area contributed by atoms with E-state index in [-0.39, 0.29) is 17.3 Å². The van der Waals surface area contributed by atoms with E-state index in [2.05, 4.69) is 15.6 Å². The second-order valence-electron chi connectivity index (χ2n) is 6.27. The van der Waals surface area contributed by atoms with Gasteiger partial charge in [-0.15, -0.1) is 0 Å². The molecule has 1 aliphatic heterocycles. The van der Waals surface area contributed by atoms with Crippen LogP contribution in [0.1, 0.15) is 24.1 Å². The SMILES string of the molecule is COCC12CC1CC(C(=O)Nc1nc(C(F)(F)F)ccc1C)N2. The summed E-state index contributed by atoms with van der Waals surface area (Å²) in [6.07, 6.45) is -2.92. The fourth-order valence-electron chi connectivity index (χ4n) is 3.22. The van der Waals surface area contributed by atoms with E-state index in [4.69, 9.17) is 4.74 Å². The summed E-state index contributed by atoms with van der Waals surface area (Å²) < 4.78 is 43.3. The first-order valence-electron chi connectivity index (χ1n) is 7.37. The predicted octanol–water partition coefficient (Wildman–Crippen LogP) is 2.11. The Bertz CT molecular complexity index is 635. The number of carbonyl (C=O) groups is 1. The van der Waals surface area contributed by atoms with Crippen molar-refractivity contribution in [1.82, 2.24) is 10.3 Å². The molecule has 2 fully saturated rings. The summed E-state index contributed by atoms with van der Waals surface area (Å²) in [4.78, 5) is 15.8. The lowest BCUT2D eigenvalue weighted by molar-refractivity contribution is -0.141. The van der Waals surface area contributed by atoms with E-state index >= 15 is 0 Å². The minimum atomic E-state index is -4.54. The van der Waals surface area contributed by atoms with Crippen molar-refractivity contribution in [1.29, 1.82) is 0 Å². The number of anilines is 1. The molecule has 5 nitrogen and oxygen atoms in total. The molecule has 3 atom stereocenters. The van der Waals surface area contributed by atoms with Crippen molar-refractivity contribution in [2.24, 2.45) is 5.92 Å². The second-order valence-corrected chi connectivity index (χ2v) is 6.27. The van der Waals surface area contributed by atoms with Crippen LogP contribution >= 0.6 is 0 Å². The quantitative estimate of drug-likeness (QED) is 0.888. The van der Waals surface area contributed by atoms with Crippen molar-refractivity contribution in [3.05, 3.63) is 23.4 Å². The number of carbonyl (C=O) groups excluding carboxylic acids is 1. The van der Waals surface area contributed by atoms with Crippen LogP contribution in [0.3, 0.4) is 0 Å². The van der Waals surface area contributed by atoms with Crippen LogP contribution in [-0.2, 0) is 15.7 Å². The van der Waals surface area contributed by atoms with E-state index in [9.17, 15) is 18.0 Å². The maximum Gasteiger partial charge on any atom is 0.433 e. The third kappa shape index (κ3) is 3.05. The molecule has 1 saturated heterocycles. The van der Waals surface area contributed by atoms with E-state index in [0.29, 0.717) is 24.5 Å². The number of ether oxygens (including phenoxy) is 1. The summed E-state index contributed by atoms with van der Waals surface area (Å²) >= 11 is 0. The zero-order valence-electron chi connectivity index (χ0n) is 12.8. The Labute approximate surface area is 131 Å². The molecule has 0 bridgehead atoms. The number of pyridine rings is 1.